The van der Waals surface area contributed by atoms with Gasteiger partial charge in [0.1, 0.15) is 6.54 Å². The molecule has 94 valence electrons. The molecule has 0 saturated heterocycles. The summed E-state index contributed by atoms with van der Waals surface area (Å²) in [6.45, 7) is -0.121. The summed E-state index contributed by atoms with van der Waals surface area (Å²) in [6, 6.07) is 11.6. The summed E-state index contributed by atoms with van der Waals surface area (Å²) in [5.74, 6) is -1.55. The number of fused-ring (bicyclic) bond motifs is 1. The molecule has 0 bridgehead atoms. The molecule has 0 heterocycles. The van der Waals surface area contributed by atoms with Crippen LogP contribution in [0.1, 0.15) is 20.7 Å². The molecule has 0 atom stereocenters. The Balaban J connectivity index is 2.64. The molecule has 2 aromatic rings. The van der Waals surface area contributed by atoms with Gasteiger partial charge in [-0.15, -0.1) is 0 Å². The first-order chi connectivity index (χ1) is 9.15. The zero-order valence-electron chi connectivity index (χ0n) is 9.88. The lowest BCUT2D eigenvalue weighted by atomic mass is 9.99. The maximum atomic E-state index is 11.9. The van der Waals surface area contributed by atoms with E-state index in [1.165, 1.54) is 6.07 Å². The Hall–Kier alpha value is -2.87. The van der Waals surface area contributed by atoms with E-state index in [2.05, 4.69) is 5.32 Å². The summed E-state index contributed by atoms with van der Waals surface area (Å²) in [5, 5.41) is 21.1. The molecule has 2 rings (SSSR count). The Morgan fingerprint density at radius 1 is 1.16 bits per heavy atom. The van der Waals surface area contributed by atoms with E-state index in [1.807, 2.05) is 0 Å². The molecule has 2 N–H and O–H groups in total. The van der Waals surface area contributed by atoms with Crippen LogP contribution in [0.4, 0.5) is 0 Å². The van der Waals surface area contributed by atoms with Gasteiger partial charge in [0.25, 0.3) is 5.91 Å². The van der Waals surface area contributed by atoms with E-state index in [0.29, 0.717) is 10.8 Å². The maximum Gasteiger partial charge on any atom is 0.336 e. The lowest BCUT2D eigenvalue weighted by molar-refractivity contribution is 0.0699. The van der Waals surface area contributed by atoms with Crippen molar-refractivity contribution in [1.82, 2.24) is 5.32 Å². The molecule has 0 aromatic heterocycles. The van der Waals surface area contributed by atoms with Crippen molar-refractivity contribution in [3.8, 4) is 6.07 Å². The van der Waals surface area contributed by atoms with Crippen LogP contribution in [0.3, 0.4) is 0 Å². The third-order valence-corrected chi connectivity index (χ3v) is 2.71. The van der Waals surface area contributed by atoms with Crippen molar-refractivity contribution in [3.63, 3.8) is 0 Å². The first-order valence-corrected chi connectivity index (χ1v) is 5.55. The Morgan fingerprint density at radius 3 is 2.37 bits per heavy atom. The van der Waals surface area contributed by atoms with Gasteiger partial charge >= 0.3 is 5.97 Å². The van der Waals surface area contributed by atoms with Gasteiger partial charge in [0, 0.05) is 10.9 Å². The number of carboxylic acid groups (broad SMARTS) is 1. The van der Waals surface area contributed by atoms with Crippen LogP contribution in [-0.2, 0) is 0 Å². The summed E-state index contributed by atoms with van der Waals surface area (Å²) in [7, 11) is 0. The topological polar surface area (TPSA) is 90.2 Å². The molecule has 5 nitrogen and oxygen atoms in total. The van der Waals surface area contributed by atoms with Crippen LogP contribution in [-0.4, -0.2) is 23.5 Å². The maximum absolute atomic E-state index is 11.9. The first kappa shape index (κ1) is 12.6. The third kappa shape index (κ3) is 2.38. The largest absolute Gasteiger partial charge is 0.478 e. The average molecular weight is 254 g/mol. The quantitative estimate of drug-likeness (QED) is 0.817. The number of carboxylic acids is 1. The number of nitrogens with one attached hydrogen (secondary N) is 1. The number of nitrogens with zero attached hydrogens (tertiary/aromatic N) is 1. The summed E-state index contributed by atoms with van der Waals surface area (Å²) < 4.78 is 0. The van der Waals surface area contributed by atoms with Gasteiger partial charge in [0.05, 0.1) is 11.6 Å². The van der Waals surface area contributed by atoms with Crippen molar-refractivity contribution in [2.24, 2.45) is 0 Å². The van der Waals surface area contributed by atoms with Crippen LogP contribution in [0.15, 0.2) is 36.4 Å². The van der Waals surface area contributed by atoms with Gasteiger partial charge in [-0.3, -0.25) is 4.79 Å². The number of rotatable bonds is 3. The number of nitriles is 1. The van der Waals surface area contributed by atoms with E-state index in [-0.39, 0.29) is 17.7 Å². The number of benzene rings is 2. The van der Waals surface area contributed by atoms with E-state index in [9.17, 15) is 14.7 Å². The molecule has 0 spiro atoms. The zero-order chi connectivity index (χ0) is 13.8. The van der Waals surface area contributed by atoms with E-state index < -0.39 is 11.9 Å². The van der Waals surface area contributed by atoms with Crippen LogP contribution in [0, 0.1) is 11.3 Å². The molecule has 0 unspecified atom stereocenters. The van der Waals surface area contributed by atoms with Crippen LogP contribution < -0.4 is 5.32 Å². The van der Waals surface area contributed by atoms with Crippen molar-refractivity contribution >= 4 is 22.6 Å². The van der Waals surface area contributed by atoms with Crippen molar-refractivity contribution < 1.29 is 14.7 Å². The minimum Gasteiger partial charge on any atom is -0.478 e. The second kappa shape index (κ2) is 5.19. The zero-order valence-corrected chi connectivity index (χ0v) is 9.88. The second-order valence-electron chi connectivity index (χ2n) is 3.86. The fraction of sp³-hybridized carbons (Fsp3) is 0.0714. The molecule has 19 heavy (non-hydrogen) atoms. The highest BCUT2D eigenvalue weighted by atomic mass is 16.4. The van der Waals surface area contributed by atoms with Crippen LogP contribution >= 0.6 is 0 Å². The molecule has 1 amide bonds. The van der Waals surface area contributed by atoms with E-state index >= 15 is 0 Å². The number of amides is 1. The predicted molar refractivity (Wildman–Crippen MR) is 68.9 cm³/mol. The van der Waals surface area contributed by atoms with Crippen LogP contribution in [0.25, 0.3) is 10.8 Å². The van der Waals surface area contributed by atoms with Crippen LogP contribution in [0.2, 0.25) is 0 Å². The van der Waals surface area contributed by atoms with Crippen molar-refractivity contribution in [1.29, 1.82) is 5.26 Å². The normalized spacial score (nSPS) is 9.84. The van der Waals surface area contributed by atoms with Crippen molar-refractivity contribution in [3.05, 3.63) is 47.5 Å². The minimum atomic E-state index is -1.09. The first-order valence-electron chi connectivity index (χ1n) is 5.55. The number of carbonyl (C=O) groups excluding carboxylic acids is 1. The smallest absolute Gasteiger partial charge is 0.336 e. The minimum absolute atomic E-state index is 0.0696. The molecule has 5 heteroatoms. The third-order valence-electron chi connectivity index (χ3n) is 2.71. The van der Waals surface area contributed by atoms with Gasteiger partial charge < -0.3 is 10.4 Å². The molecule has 0 aliphatic heterocycles. The Morgan fingerprint density at radius 2 is 1.79 bits per heavy atom. The highest BCUT2D eigenvalue weighted by Crippen LogP contribution is 2.23. The van der Waals surface area contributed by atoms with Gasteiger partial charge in [-0.05, 0) is 17.5 Å². The van der Waals surface area contributed by atoms with Crippen molar-refractivity contribution in [2.75, 3.05) is 6.54 Å². The average Bonchev–Trinajstić information content (AvgIpc) is 2.43. The predicted octanol–water partition coefficient (Wildman–Crippen LogP) is 1.79. The monoisotopic (exact) mass is 254 g/mol. The highest BCUT2D eigenvalue weighted by Gasteiger charge is 2.15. The summed E-state index contributed by atoms with van der Waals surface area (Å²) in [6.07, 6.45) is 0. The second-order valence-corrected chi connectivity index (χ2v) is 3.86. The molecular formula is C14H10N2O3. The van der Waals surface area contributed by atoms with Gasteiger partial charge in [-0.25, -0.2) is 4.79 Å². The van der Waals surface area contributed by atoms with E-state index in [1.54, 1.807) is 36.4 Å². The molecule has 0 aliphatic rings. The highest BCUT2D eigenvalue weighted by molar-refractivity contribution is 6.14. The van der Waals surface area contributed by atoms with E-state index in [0.717, 1.165) is 0 Å². The van der Waals surface area contributed by atoms with Gasteiger partial charge in [-0.2, -0.15) is 5.26 Å². The fourth-order valence-electron chi connectivity index (χ4n) is 1.92. The Labute approximate surface area is 109 Å². The number of aromatic carboxylic acids is 1. The summed E-state index contributed by atoms with van der Waals surface area (Å²) in [5.41, 5.74) is 0.325. The number of hydrogen-bond donors (Lipinski definition) is 2. The Kier molecular flexibility index (Phi) is 3.44. The number of carbonyl (C=O) groups is 2. The SMILES string of the molecule is N#CCNC(=O)c1cccc2cccc(C(=O)O)c12. The lowest BCUT2D eigenvalue weighted by Gasteiger charge is -2.08. The Bertz CT molecular complexity index is 696. The van der Waals surface area contributed by atoms with Crippen LogP contribution in [0.5, 0.6) is 0 Å². The standard InChI is InChI=1S/C14H10N2O3/c15-7-8-16-13(17)10-5-1-3-9-4-2-6-11(12(9)10)14(18)19/h1-6H,8H2,(H,16,17)(H,18,19). The lowest BCUT2D eigenvalue weighted by Crippen LogP contribution is -2.24. The number of hydrogen-bond acceptors (Lipinski definition) is 3. The molecular weight excluding hydrogens is 244 g/mol. The fourth-order valence-corrected chi connectivity index (χ4v) is 1.92. The molecule has 0 saturated carbocycles. The summed E-state index contributed by atoms with van der Waals surface area (Å²) >= 11 is 0. The van der Waals surface area contributed by atoms with E-state index in [4.69, 9.17) is 5.26 Å². The molecule has 0 radical (unpaired) electrons. The summed E-state index contributed by atoms with van der Waals surface area (Å²) in [4.78, 5) is 23.2. The molecule has 2 aromatic carbocycles. The van der Waals surface area contributed by atoms with Gasteiger partial charge in [0.15, 0.2) is 0 Å². The van der Waals surface area contributed by atoms with Crippen molar-refractivity contribution in [2.45, 2.75) is 0 Å². The molecule has 0 fully saturated rings. The molecule has 0 aliphatic carbocycles. The van der Waals surface area contributed by atoms with Gasteiger partial charge in [0.2, 0.25) is 0 Å². The van der Waals surface area contributed by atoms with Gasteiger partial charge in [-0.1, -0.05) is 24.3 Å².